The number of hydrogen-bond acceptors (Lipinski definition) is 4. The molecule has 4 nitrogen and oxygen atoms in total. The van der Waals surface area contributed by atoms with Crippen molar-refractivity contribution in [3.05, 3.63) is 60.5 Å². The number of hydrazone groups is 1. The van der Waals surface area contributed by atoms with Gasteiger partial charge in [0.25, 0.3) is 0 Å². The monoisotopic (exact) mass is 281 g/mol. The van der Waals surface area contributed by atoms with E-state index < -0.39 is 0 Å². The van der Waals surface area contributed by atoms with E-state index in [-0.39, 0.29) is 12.0 Å². The quantitative estimate of drug-likeness (QED) is 0.800. The molecule has 108 valence electrons. The fraction of sp³-hybridized carbons (Fsp3) is 0.294. The van der Waals surface area contributed by atoms with Gasteiger partial charge in [0.05, 0.1) is 29.8 Å². The Kier molecular flexibility index (Phi) is 3.60. The van der Waals surface area contributed by atoms with Crippen molar-refractivity contribution < 1.29 is 4.74 Å². The Morgan fingerprint density at radius 2 is 2.38 bits per heavy atom. The average Bonchev–Trinajstić information content (AvgIpc) is 2.83. The largest absolute Gasteiger partial charge is 0.492 e. The number of hydrogen-bond donors (Lipinski definition) is 0. The highest BCUT2D eigenvalue weighted by molar-refractivity contribution is 6.06. The molecule has 0 fully saturated rings. The SMILES string of the molecule is C=C/C=C(\C=C/C)C1C2COc3ccncc3C2=NN1C. The van der Waals surface area contributed by atoms with Gasteiger partial charge in [-0.3, -0.25) is 9.99 Å². The first-order valence-electron chi connectivity index (χ1n) is 7.10. The van der Waals surface area contributed by atoms with Crippen LogP contribution in [0.1, 0.15) is 12.5 Å². The maximum absolute atomic E-state index is 5.90. The summed E-state index contributed by atoms with van der Waals surface area (Å²) in [6.45, 7) is 6.47. The molecule has 2 atom stereocenters. The van der Waals surface area contributed by atoms with E-state index in [9.17, 15) is 0 Å². The van der Waals surface area contributed by atoms with Gasteiger partial charge in [0, 0.05) is 19.4 Å². The van der Waals surface area contributed by atoms with E-state index in [4.69, 9.17) is 9.84 Å². The van der Waals surface area contributed by atoms with Crippen LogP contribution in [0.5, 0.6) is 5.75 Å². The minimum Gasteiger partial charge on any atom is -0.492 e. The second-order valence-electron chi connectivity index (χ2n) is 5.20. The normalized spacial score (nSPS) is 24.4. The maximum atomic E-state index is 5.90. The highest BCUT2D eigenvalue weighted by Gasteiger charge is 2.41. The van der Waals surface area contributed by atoms with Crippen molar-refractivity contribution in [1.82, 2.24) is 9.99 Å². The summed E-state index contributed by atoms with van der Waals surface area (Å²) in [5, 5.41) is 6.75. The number of nitrogens with zero attached hydrogens (tertiary/aromatic N) is 3. The van der Waals surface area contributed by atoms with Crippen LogP contribution in [-0.4, -0.2) is 35.4 Å². The lowest BCUT2D eigenvalue weighted by atomic mass is 9.86. The molecule has 2 unspecified atom stereocenters. The molecule has 0 amide bonds. The highest BCUT2D eigenvalue weighted by Crippen LogP contribution is 2.36. The van der Waals surface area contributed by atoms with Crippen LogP contribution >= 0.6 is 0 Å². The third kappa shape index (κ3) is 2.27. The molecule has 0 aliphatic carbocycles. The molecule has 1 aromatic rings. The van der Waals surface area contributed by atoms with Gasteiger partial charge in [0.15, 0.2) is 0 Å². The Bertz CT molecular complexity index is 645. The average molecular weight is 281 g/mol. The van der Waals surface area contributed by atoms with E-state index >= 15 is 0 Å². The Morgan fingerprint density at radius 3 is 3.14 bits per heavy atom. The minimum absolute atomic E-state index is 0.169. The smallest absolute Gasteiger partial charge is 0.131 e. The van der Waals surface area contributed by atoms with Crippen LogP contribution in [0.15, 0.2) is 60.0 Å². The standard InChI is InChI=1S/C17H19N3O/c1-4-6-12(7-5-2)17-14-11-21-15-8-9-18-10-13(15)16(14)19-20(17)3/h4-10,14,17H,1,11H2,2-3H3/b7-5-,12-6+. The Morgan fingerprint density at radius 1 is 1.52 bits per heavy atom. The molecule has 4 heteroatoms. The Balaban J connectivity index is 2.00. The third-order valence-electron chi connectivity index (χ3n) is 3.89. The van der Waals surface area contributed by atoms with Gasteiger partial charge in [-0.15, -0.1) is 0 Å². The summed E-state index contributed by atoms with van der Waals surface area (Å²) in [5.74, 6) is 1.09. The van der Waals surface area contributed by atoms with Gasteiger partial charge in [-0.25, -0.2) is 0 Å². The molecular weight excluding hydrogens is 262 g/mol. The van der Waals surface area contributed by atoms with E-state index in [0.717, 1.165) is 17.0 Å². The minimum atomic E-state index is 0.169. The van der Waals surface area contributed by atoms with Crippen LogP contribution < -0.4 is 4.74 Å². The third-order valence-corrected chi connectivity index (χ3v) is 3.89. The van der Waals surface area contributed by atoms with Crippen molar-refractivity contribution in [2.45, 2.75) is 13.0 Å². The first kappa shape index (κ1) is 13.6. The lowest BCUT2D eigenvalue weighted by Gasteiger charge is -2.29. The van der Waals surface area contributed by atoms with Gasteiger partial charge in [-0.2, -0.15) is 5.10 Å². The number of fused-ring (bicyclic) bond motifs is 3. The van der Waals surface area contributed by atoms with Gasteiger partial charge in [-0.1, -0.05) is 30.9 Å². The van der Waals surface area contributed by atoms with E-state index in [1.807, 2.05) is 49.5 Å². The zero-order valence-electron chi connectivity index (χ0n) is 12.4. The molecule has 2 aliphatic rings. The van der Waals surface area contributed by atoms with Crippen LogP contribution in [0, 0.1) is 5.92 Å². The fourth-order valence-corrected chi connectivity index (χ4v) is 3.05. The van der Waals surface area contributed by atoms with Crippen LogP contribution in [0.2, 0.25) is 0 Å². The van der Waals surface area contributed by atoms with Gasteiger partial charge in [-0.05, 0) is 18.6 Å². The van der Waals surface area contributed by atoms with Crippen molar-refractivity contribution in [2.75, 3.05) is 13.7 Å². The maximum Gasteiger partial charge on any atom is 0.131 e. The van der Waals surface area contributed by atoms with Crippen molar-refractivity contribution >= 4 is 5.71 Å². The topological polar surface area (TPSA) is 37.7 Å². The summed E-state index contributed by atoms with van der Waals surface area (Å²) in [7, 11) is 2.01. The molecule has 0 spiro atoms. The van der Waals surface area contributed by atoms with Crippen molar-refractivity contribution in [3.8, 4) is 5.75 Å². The molecule has 0 saturated carbocycles. The van der Waals surface area contributed by atoms with Crippen LogP contribution in [0.4, 0.5) is 0 Å². The van der Waals surface area contributed by atoms with Gasteiger partial charge >= 0.3 is 0 Å². The molecule has 0 N–H and O–H groups in total. The summed E-state index contributed by atoms with van der Waals surface area (Å²) >= 11 is 0. The van der Waals surface area contributed by atoms with Crippen molar-refractivity contribution in [3.63, 3.8) is 0 Å². The lowest BCUT2D eigenvalue weighted by Crippen LogP contribution is -2.38. The molecule has 1 aromatic heterocycles. The number of allylic oxidation sites excluding steroid dienone is 3. The molecule has 3 heterocycles. The summed E-state index contributed by atoms with van der Waals surface area (Å²) in [6, 6.07) is 2.07. The van der Waals surface area contributed by atoms with Gasteiger partial charge in [0.1, 0.15) is 5.75 Å². The first-order chi connectivity index (χ1) is 10.3. The predicted octanol–water partition coefficient (Wildman–Crippen LogP) is 2.80. The van der Waals surface area contributed by atoms with E-state index in [0.29, 0.717) is 6.61 Å². The van der Waals surface area contributed by atoms with Gasteiger partial charge < -0.3 is 4.74 Å². The molecule has 0 bridgehead atoms. The number of likely N-dealkylation sites (N-methyl/N-ethyl adjacent to an activating group) is 1. The molecule has 0 saturated heterocycles. The van der Waals surface area contributed by atoms with Crippen LogP contribution in [-0.2, 0) is 0 Å². The Labute approximate surface area is 125 Å². The second-order valence-corrected chi connectivity index (χ2v) is 5.20. The molecule has 0 radical (unpaired) electrons. The summed E-state index contributed by atoms with van der Waals surface area (Å²) in [4.78, 5) is 4.20. The first-order valence-corrected chi connectivity index (χ1v) is 7.10. The molecule has 0 aromatic carbocycles. The van der Waals surface area contributed by atoms with Crippen LogP contribution in [0.25, 0.3) is 0 Å². The molecular formula is C17H19N3O. The van der Waals surface area contributed by atoms with E-state index in [1.54, 1.807) is 6.20 Å². The zero-order chi connectivity index (χ0) is 14.8. The molecule has 3 rings (SSSR count). The number of aromatic nitrogens is 1. The molecule has 21 heavy (non-hydrogen) atoms. The summed E-state index contributed by atoms with van der Waals surface area (Å²) in [6.07, 6.45) is 11.6. The molecule has 2 aliphatic heterocycles. The fourth-order valence-electron chi connectivity index (χ4n) is 3.05. The second kappa shape index (κ2) is 5.56. The van der Waals surface area contributed by atoms with Crippen molar-refractivity contribution in [1.29, 1.82) is 0 Å². The Hall–Kier alpha value is -2.36. The van der Waals surface area contributed by atoms with Crippen molar-refractivity contribution in [2.24, 2.45) is 11.0 Å². The number of rotatable bonds is 3. The highest BCUT2D eigenvalue weighted by atomic mass is 16.5. The predicted molar refractivity (Wildman–Crippen MR) is 84.4 cm³/mol. The number of pyridine rings is 1. The zero-order valence-corrected chi connectivity index (χ0v) is 12.4. The number of ether oxygens (including phenoxy) is 1. The van der Waals surface area contributed by atoms with Gasteiger partial charge in [0.2, 0.25) is 0 Å². The lowest BCUT2D eigenvalue weighted by molar-refractivity contribution is 0.212. The van der Waals surface area contributed by atoms with Crippen LogP contribution in [0.3, 0.4) is 0 Å². The summed E-state index contributed by atoms with van der Waals surface area (Å²) < 4.78 is 5.90. The summed E-state index contributed by atoms with van der Waals surface area (Å²) in [5.41, 5.74) is 3.26. The van der Waals surface area contributed by atoms with E-state index in [1.165, 1.54) is 5.57 Å². The van der Waals surface area contributed by atoms with E-state index in [2.05, 4.69) is 17.6 Å².